The summed E-state index contributed by atoms with van der Waals surface area (Å²) >= 11 is -1.89. The number of hydrogen-bond donors (Lipinski definition) is 0. The Labute approximate surface area is 316 Å². The summed E-state index contributed by atoms with van der Waals surface area (Å²) in [4.78, 5) is 9.70. The van der Waals surface area contributed by atoms with Crippen molar-refractivity contribution in [1.29, 1.82) is 0 Å². The van der Waals surface area contributed by atoms with Gasteiger partial charge in [0.05, 0.1) is 22.4 Å². The van der Waals surface area contributed by atoms with Crippen LogP contribution in [0, 0.1) is 12.1 Å². The second-order valence-electron chi connectivity index (χ2n) is 14.3. The Kier molecular flexibility index (Phi) is 10.4. The molecule has 0 atom stereocenters. The van der Waals surface area contributed by atoms with Gasteiger partial charge in [-0.3, -0.25) is 4.98 Å². The Morgan fingerprint density at radius 2 is 1.47 bits per heavy atom. The van der Waals surface area contributed by atoms with Crippen LogP contribution in [0.5, 0.6) is 0 Å². The van der Waals surface area contributed by atoms with Crippen LogP contribution >= 0.6 is 0 Å². The monoisotopic (exact) mass is 906 g/mol. The molecule has 257 valence electrons. The minimum atomic E-state index is -1.89. The van der Waals surface area contributed by atoms with Gasteiger partial charge in [-0.15, -0.1) is 17.7 Å². The fraction of sp³-hybridized carbons (Fsp3) is 0.200. The van der Waals surface area contributed by atoms with Crippen LogP contribution in [0.25, 0.3) is 61.3 Å². The van der Waals surface area contributed by atoms with Gasteiger partial charge in [-0.25, -0.2) is 0 Å². The van der Waals surface area contributed by atoms with Crippen molar-refractivity contribution in [3.05, 3.63) is 145 Å². The molecule has 0 saturated heterocycles. The standard InChI is InChI=1S/C25H15N2O.C20H26GeN.Ir/c1-2-8-18(9-3-1)27-22-12-6-5-11-21(22)26-25(27)17-14-15-20-19-10-4-7-13-23(19)28-24(20)16-17;1-21(2,3)19-15-22-20(17-12-8-5-9-13-17)14-18(19)16-10-6-4-7-11-16;/h1-13,15-16H;5,8-9,12,14-16H,4,6-7,10-11H2,1-3H3;/q2*-1;. The Balaban J connectivity index is 0.000000161. The van der Waals surface area contributed by atoms with E-state index in [1.807, 2.05) is 78.9 Å². The number of furan rings is 1. The minimum Gasteiger partial charge on any atom is -0.476 e. The van der Waals surface area contributed by atoms with Gasteiger partial charge in [0.15, 0.2) is 0 Å². The molecule has 9 rings (SSSR count). The van der Waals surface area contributed by atoms with Gasteiger partial charge in [-0.1, -0.05) is 60.0 Å². The number of hydrogen-bond acceptors (Lipinski definition) is 3. The summed E-state index contributed by atoms with van der Waals surface area (Å²) in [5.74, 6) is 9.06. The average molecular weight is 905 g/mol. The summed E-state index contributed by atoms with van der Waals surface area (Å²) in [6.45, 7) is 0. The molecule has 1 aliphatic carbocycles. The molecule has 4 nitrogen and oxygen atoms in total. The molecule has 0 aliphatic heterocycles. The van der Waals surface area contributed by atoms with Crippen LogP contribution in [-0.2, 0) is 20.1 Å². The zero-order valence-electron chi connectivity index (χ0n) is 29.3. The first-order chi connectivity index (χ1) is 24.4. The van der Waals surface area contributed by atoms with Gasteiger partial charge in [-0.05, 0) is 35.7 Å². The van der Waals surface area contributed by atoms with Crippen LogP contribution in [0.15, 0.2) is 132 Å². The van der Waals surface area contributed by atoms with Gasteiger partial charge in [-0.2, -0.15) is 0 Å². The molecule has 0 amide bonds. The van der Waals surface area contributed by atoms with Crippen molar-refractivity contribution in [3.63, 3.8) is 0 Å². The van der Waals surface area contributed by atoms with Gasteiger partial charge in [0.25, 0.3) is 0 Å². The number of pyridine rings is 1. The normalized spacial score (nSPS) is 13.5. The molecule has 1 aliphatic rings. The average Bonchev–Trinajstić information content (AvgIpc) is 3.74. The smallest absolute Gasteiger partial charge is 0.123 e. The number of imidazole rings is 1. The topological polar surface area (TPSA) is 43.9 Å². The quantitative estimate of drug-likeness (QED) is 0.128. The SMILES string of the molecule is [CH3][Ge]([CH3])([CH3])[c]1cnc(-c2[c-]cccc2)cc1C1CCCCC1.[Ir].[c-]1cc2c(cc1-c1nc3ccccc3n1-c1ccccc1)oc1ccccc12. The summed E-state index contributed by atoms with van der Waals surface area (Å²) in [7, 11) is 0. The van der Waals surface area contributed by atoms with Gasteiger partial charge >= 0.3 is 137 Å². The first kappa shape index (κ1) is 35.1. The second-order valence-corrected chi connectivity index (χ2v) is 24.9. The number of para-hydroxylation sites is 4. The Morgan fingerprint density at radius 1 is 0.725 bits per heavy atom. The largest absolute Gasteiger partial charge is 0.476 e. The van der Waals surface area contributed by atoms with E-state index in [2.05, 4.69) is 82.6 Å². The Morgan fingerprint density at radius 3 is 2.25 bits per heavy atom. The second kappa shape index (κ2) is 15.1. The fourth-order valence-corrected chi connectivity index (χ4v) is 10.7. The van der Waals surface area contributed by atoms with Crippen LogP contribution in [-0.4, -0.2) is 27.8 Å². The third kappa shape index (κ3) is 7.26. The molecular formula is C45H41GeIrN3O-2. The van der Waals surface area contributed by atoms with E-state index in [4.69, 9.17) is 14.4 Å². The summed E-state index contributed by atoms with van der Waals surface area (Å²) in [6.07, 6.45) is 9.08. The van der Waals surface area contributed by atoms with Crippen LogP contribution in [0.1, 0.15) is 43.6 Å². The van der Waals surface area contributed by atoms with E-state index in [1.54, 1.807) is 9.96 Å². The van der Waals surface area contributed by atoms with E-state index in [-0.39, 0.29) is 20.1 Å². The van der Waals surface area contributed by atoms with E-state index in [9.17, 15) is 0 Å². The predicted molar refractivity (Wildman–Crippen MR) is 210 cm³/mol. The van der Waals surface area contributed by atoms with E-state index in [0.29, 0.717) is 0 Å². The van der Waals surface area contributed by atoms with E-state index < -0.39 is 13.3 Å². The number of rotatable bonds is 5. The number of aromatic nitrogens is 3. The Bertz CT molecular complexity index is 2400. The van der Waals surface area contributed by atoms with E-state index in [0.717, 1.165) is 67.2 Å². The van der Waals surface area contributed by atoms with Crippen molar-refractivity contribution >= 4 is 50.6 Å². The summed E-state index contributed by atoms with van der Waals surface area (Å²) in [6, 6.07) is 47.9. The predicted octanol–water partition coefficient (Wildman–Crippen LogP) is 11.5. The van der Waals surface area contributed by atoms with Gasteiger partial charge in [0, 0.05) is 25.8 Å². The zero-order chi connectivity index (χ0) is 34.1. The molecule has 3 heterocycles. The van der Waals surface area contributed by atoms with E-state index in [1.165, 1.54) is 32.1 Å². The first-order valence-corrected chi connectivity index (χ1v) is 25.1. The summed E-state index contributed by atoms with van der Waals surface area (Å²) in [5, 5.41) is 2.18. The van der Waals surface area contributed by atoms with Crippen LogP contribution in [0.2, 0.25) is 17.3 Å². The van der Waals surface area contributed by atoms with Crippen LogP contribution in [0.4, 0.5) is 0 Å². The molecule has 5 aromatic carbocycles. The molecule has 6 heteroatoms. The van der Waals surface area contributed by atoms with Crippen molar-refractivity contribution in [1.82, 2.24) is 14.5 Å². The molecule has 1 radical (unpaired) electrons. The first-order valence-electron chi connectivity index (χ1n) is 17.8. The van der Waals surface area contributed by atoms with Crippen molar-refractivity contribution in [2.75, 3.05) is 0 Å². The van der Waals surface area contributed by atoms with Gasteiger partial charge in [0.1, 0.15) is 5.58 Å². The van der Waals surface area contributed by atoms with Gasteiger partial charge in [0.2, 0.25) is 0 Å². The molecule has 0 spiro atoms. The molecule has 3 aromatic heterocycles. The van der Waals surface area contributed by atoms with Crippen molar-refractivity contribution < 1.29 is 24.5 Å². The Hall–Kier alpha value is -4.29. The molecule has 0 N–H and O–H groups in total. The van der Waals surface area contributed by atoms with Gasteiger partial charge < -0.3 is 8.98 Å². The van der Waals surface area contributed by atoms with Crippen molar-refractivity contribution in [3.8, 4) is 28.3 Å². The minimum absolute atomic E-state index is 0. The molecule has 8 aromatic rings. The molecule has 1 fully saturated rings. The maximum absolute atomic E-state index is 6.08. The molecule has 51 heavy (non-hydrogen) atoms. The maximum atomic E-state index is 6.08. The fourth-order valence-electron chi connectivity index (χ4n) is 7.39. The molecule has 1 saturated carbocycles. The number of benzene rings is 5. The summed E-state index contributed by atoms with van der Waals surface area (Å²) < 4.78 is 9.86. The number of nitrogens with zero attached hydrogens (tertiary/aromatic N) is 3. The maximum Gasteiger partial charge on any atom is 0.123 e. The van der Waals surface area contributed by atoms with Crippen LogP contribution < -0.4 is 4.40 Å². The van der Waals surface area contributed by atoms with Crippen molar-refractivity contribution in [2.45, 2.75) is 55.3 Å². The summed E-state index contributed by atoms with van der Waals surface area (Å²) in [5.41, 5.74) is 9.57. The van der Waals surface area contributed by atoms with Crippen molar-refractivity contribution in [2.24, 2.45) is 0 Å². The number of fused-ring (bicyclic) bond motifs is 4. The molecule has 0 bridgehead atoms. The van der Waals surface area contributed by atoms with E-state index >= 15 is 0 Å². The zero-order valence-corrected chi connectivity index (χ0v) is 33.8. The molecule has 0 unspecified atom stereocenters. The third-order valence-corrected chi connectivity index (χ3v) is 14.2. The van der Waals surface area contributed by atoms with Crippen LogP contribution in [0.3, 0.4) is 0 Å². The third-order valence-electron chi connectivity index (χ3n) is 9.90. The molecular weight excluding hydrogens is 863 g/mol.